The molecule has 4 rings (SSSR count). The molecule has 192 valence electrons. The summed E-state index contributed by atoms with van der Waals surface area (Å²) in [5.74, 6) is 0.361. The molecule has 0 radical (unpaired) electrons. The van der Waals surface area contributed by atoms with Gasteiger partial charge in [0.15, 0.2) is 5.78 Å². The minimum Gasteiger partial charge on any atom is -0.457 e. The Morgan fingerprint density at radius 3 is 2.53 bits per heavy atom. The maximum absolute atomic E-state index is 13.1. The third-order valence-electron chi connectivity index (χ3n) is 5.54. The minimum atomic E-state index is -4.43. The highest BCUT2D eigenvalue weighted by Gasteiger charge is 2.38. The fraction of sp³-hybridized carbons (Fsp3) is 0.292. The van der Waals surface area contributed by atoms with Crippen molar-refractivity contribution in [2.75, 3.05) is 19.8 Å². The average Bonchev–Trinajstić information content (AvgIpc) is 3.30. The van der Waals surface area contributed by atoms with E-state index in [1.54, 1.807) is 24.3 Å². The summed E-state index contributed by atoms with van der Waals surface area (Å²) >= 11 is 6.83. The van der Waals surface area contributed by atoms with E-state index in [1.165, 1.54) is 28.6 Å². The van der Waals surface area contributed by atoms with Crippen molar-refractivity contribution in [3.8, 4) is 11.5 Å². The van der Waals surface area contributed by atoms with Crippen LogP contribution in [-0.4, -0.2) is 44.3 Å². The number of nitrogens with zero attached hydrogens (tertiary/aromatic N) is 1. The molecule has 0 amide bonds. The van der Waals surface area contributed by atoms with Crippen molar-refractivity contribution in [3.63, 3.8) is 0 Å². The molecule has 3 aromatic rings. The number of ether oxygens (including phenoxy) is 2. The summed E-state index contributed by atoms with van der Waals surface area (Å²) < 4.78 is 77.0. The molecule has 36 heavy (non-hydrogen) atoms. The smallest absolute Gasteiger partial charge is 0.416 e. The van der Waals surface area contributed by atoms with E-state index in [4.69, 9.17) is 21.1 Å². The minimum absolute atomic E-state index is 0.0335. The lowest BCUT2D eigenvalue weighted by molar-refractivity contribution is -0.137. The van der Waals surface area contributed by atoms with Gasteiger partial charge in [0.1, 0.15) is 21.8 Å². The van der Waals surface area contributed by atoms with Crippen LogP contribution in [0.2, 0.25) is 4.34 Å². The molecule has 0 spiro atoms. The largest absolute Gasteiger partial charge is 0.457 e. The molecular weight excluding hydrogens is 539 g/mol. The van der Waals surface area contributed by atoms with Gasteiger partial charge in [-0.25, -0.2) is 8.42 Å². The topological polar surface area (TPSA) is 72.9 Å². The molecule has 1 fully saturated rings. The van der Waals surface area contributed by atoms with E-state index in [0.717, 1.165) is 29.0 Å². The van der Waals surface area contributed by atoms with Gasteiger partial charge in [-0.2, -0.15) is 17.5 Å². The molecule has 1 aliphatic heterocycles. The van der Waals surface area contributed by atoms with Gasteiger partial charge in [-0.3, -0.25) is 4.79 Å². The van der Waals surface area contributed by atoms with Gasteiger partial charge in [0.2, 0.25) is 0 Å². The number of alkyl halides is 3. The maximum atomic E-state index is 13.1. The molecule has 1 aromatic heterocycles. The molecule has 1 aliphatic rings. The first kappa shape index (κ1) is 26.6. The summed E-state index contributed by atoms with van der Waals surface area (Å²) in [7, 11) is -3.90. The Bertz CT molecular complexity index is 1330. The quantitative estimate of drug-likeness (QED) is 0.348. The first-order valence-electron chi connectivity index (χ1n) is 10.9. The molecule has 2 aromatic carbocycles. The summed E-state index contributed by atoms with van der Waals surface area (Å²) in [6.07, 6.45) is -4.05. The second-order valence-corrected chi connectivity index (χ2v) is 11.8. The summed E-state index contributed by atoms with van der Waals surface area (Å²) in [6.45, 7) is 0.213. The van der Waals surface area contributed by atoms with Crippen molar-refractivity contribution in [3.05, 3.63) is 76.1 Å². The van der Waals surface area contributed by atoms with Gasteiger partial charge in [0.25, 0.3) is 10.0 Å². The van der Waals surface area contributed by atoms with Gasteiger partial charge in [-0.05, 0) is 60.5 Å². The predicted molar refractivity (Wildman–Crippen MR) is 129 cm³/mol. The zero-order valence-corrected chi connectivity index (χ0v) is 21.1. The lowest BCUT2D eigenvalue weighted by Gasteiger charge is -2.33. The normalized spacial score (nSPS) is 17.2. The SMILES string of the molecule is O=C(CCc1cccc(Oc2ccc(C(F)(F)F)cc2)c1)C1COCCN1S(=O)(=O)c1ccc(Cl)s1. The molecule has 1 unspecified atom stereocenters. The second kappa shape index (κ2) is 10.9. The standard InChI is InChI=1S/C24H21ClF3NO5S2/c25-22-10-11-23(35-22)36(31,32)29-12-13-33-15-20(29)21(30)9-4-16-2-1-3-19(14-16)34-18-7-5-17(6-8-18)24(26,27)28/h1-3,5-8,10-11,14,20H,4,9,12-13,15H2. The van der Waals surface area contributed by atoms with E-state index in [0.29, 0.717) is 16.5 Å². The Morgan fingerprint density at radius 2 is 1.86 bits per heavy atom. The summed E-state index contributed by atoms with van der Waals surface area (Å²) in [6, 6.07) is 13.1. The monoisotopic (exact) mass is 559 g/mol. The number of hydrogen-bond acceptors (Lipinski definition) is 6. The predicted octanol–water partition coefficient (Wildman–Crippen LogP) is 5.80. The number of ketones is 1. The fourth-order valence-corrected chi connectivity index (χ4v) is 6.92. The molecule has 2 heterocycles. The zero-order chi connectivity index (χ0) is 25.9. The molecule has 0 aliphatic carbocycles. The maximum Gasteiger partial charge on any atom is 0.416 e. The van der Waals surface area contributed by atoms with E-state index in [-0.39, 0.29) is 41.9 Å². The van der Waals surface area contributed by atoms with Crippen molar-refractivity contribution < 1.29 is 35.9 Å². The van der Waals surface area contributed by atoms with Crippen molar-refractivity contribution >= 4 is 38.7 Å². The number of carbonyl (C=O) groups excluding carboxylic acids is 1. The van der Waals surface area contributed by atoms with E-state index in [9.17, 15) is 26.4 Å². The highest BCUT2D eigenvalue weighted by Crippen LogP contribution is 2.32. The van der Waals surface area contributed by atoms with Crippen LogP contribution >= 0.6 is 22.9 Å². The number of hydrogen-bond donors (Lipinski definition) is 0. The fourth-order valence-electron chi connectivity index (χ4n) is 3.73. The van der Waals surface area contributed by atoms with Crippen molar-refractivity contribution in [1.82, 2.24) is 4.31 Å². The Labute approximate surface area is 215 Å². The highest BCUT2D eigenvalue weighted by atomic mass is 35.5. The first-order chi connectivity index (χ1) is 17.0. The number of thiophene rings is 1. The second-order valence-electron chi connectivity index (χ2n) is 8.00. The number of aryl methyl sites for hydroxylation is 1. The molecule has 0 saturated carbocycles. The first-order valence-corrected chi connectivity index (χ1v) is 13.5. The van der Waals surface area contributed by atoms with Gasteiger partial charge in [-0.1, -0.05) is 23.7 Å². The Balaban J connectivity index is 1.41. The number of halogens is 4. The van der Waals surface area contributed by atoms with E-state index >= 15 is 0 Å². The number of Topliss-reactive ketones (excluding diaryl/α,β-unsaturated/α-hetero) is 1. The Kier molecular flexibility index (Phi) is 8.06. The van der Waals surface area contributed by atoms with Crippen LogP contribution in [-0.2, 0) is 32.2 Å². The van der Waals surface area contributed by atoms with Crippen molar-refractivity contribution in [2.24, 2.45) is 0 Å². The van der Waals surface area contributed by atoms with Gasteiger partial charge >= 0.3 is 6.18 Å². The van der Waals surface area contributed by atoms with E-state index < -0.39 is 27.8 Å². The lowest BCUT2D eigenvalue weighted by Crippen LogP contribution is -2.52. The zero-order valence-electron chi connectivity index (χ0n) is 18.7. The number of rotatable bonds is 8. The van der Waals surface area contributed by atoms with E-state index in [1.807, 2.05) is 0 Å². The molecule has 1 atom stereocenters. The van der Waals surface area contributed by atoms with Crippen LogP contribution in [0.25, 0.3) is 0 Å². The molecule has 0 bridgehead atoms. The summed E-state index contributed by atoms with van der Waals surface area (Å²) in [5.41, 5.74) is -0.0176. The van der Waals surface area contributed by atoms with Crippen molar-refractivity contribution in [2.45, 2.75) is 29.3 Å². The van der Waals surface area contributed by atoms with Crippen molar-refractivity contribution in [1.29, 1.82) is 0 Å². The number of benzene rings is 2. The van der Waals surface area contributed by atoms with Crippen LogP contribution < -0.4 is 4.74 Å². The number of carbonyl (C=O) groups is 1. The van der Waals surface area contributed by atoms with Crippen LogP contribution in [0.4, 0.5) is 13.2 Å². The number of sulfonamides is 1. The van der Waals surface area contributed by atoms with Gasteiger partial charge in [0.05, 0.1) is 23.1 Å². The van der Waals surface area contributed by atoms with Crippen LogP contribution in [0.5, 0.6) is 11.5 Å². The molecule has 12 heteroatoms. The molecule has 6 nitrogen and oxygen atoms in total. The molecule has 0 N–H and O–H groups in total. The summed E-state index contributed by atoms with van der Waals surface area (Å²) in [5, 5.41) is 0. The third-order valence-corrected chi connectivity index (χ3v) is 9.15. The van der Waals surface area contributed by atoms with Crippen LogP contribution in [0.1, 0.15) is 17.5 Å². The van der Waals surface area contributed by atoms with Gasteiger partial charge in [-0.15, -0.1) is 11.3 Å². The number of morpholine rings is 1. The van der Waals surface area contributed by atoms with Crippen LogP contribution in [0.3, 0.4) is 0 Å². The third kappa shape index (κ3) is 6.27. The molecule has 1 saturated heterocycles. The average molecular weight is 560 g/mol. The Morgan fingerprint density at radius 1 is 1.11 bits per heavy atom. The van der Waals surface area contributed by atoms with Gasteiger partial charge in [0, 0.05) is 13.0 Å². The van der Waals surface area contributed by atoms with E-state index in [2.05, 4.69) is 0 Å². The summed E-state index contributed by atoms with van der Waals surface area (Å²) in [4.78, 5) is 13.0. The molecular formula is C24H21ClF3NO5S2. The van der Waals surface area contributed by atoms with Gasteiger partial charge < -0.3 is 9.47 Å². The highest BCUT2D eigenvalue weighted by molar-refractivity contribution is 7.91. The van der Waals surface area contributed by atoms with Crippen LogP contribution in [0.15, 0.2) is 64.9 Å². The lowest BCUT2D eigenvalue weighted by atomic mass is 10.0. The Hall–Kier alpha value is -2.44. The van der Waals surface area contributed by atoms with Crippen LogP contribution in [0, 0.1) is 0 Å².